The highest BCUT2D eigenvalue weighted by molar-refractivity contribution is 6.30. The molecule has 108 valence electrons. The minimum absolute atomic E-state index is 0.107. The maximum atomic E-state index is 6.03. The summed E-state index contributed by atoms with van der Waals surface area (Å²) >= 11 is 6.03. The number of aromatic nitrogens is 2. The van der Waals surface area contributed by atoms with Crippen LogP contribution in [0.5, 0.6) is 0 Å². The Morgan fingerprint density at radius 1 is 1.30 bits per heavy atom. The molecule has 2 rings (SSSR count). The first-order chi connectivity index (χ1) is 9.65. The van der Waals surface area contributed by atoms with Crippen molar-refractivity contribution < 1.29 is 4.42 Å². The average Bonchev–Trinajstić information content (AvgIpc) is 2.92. The fourth-order valence-electron chi connectivity index (χ4n) is 2.03. The second kappa shape index (κ2) is 6.86. The van der Waals surface area contributed by atoms with E-state index < -0.39 is 0 Å². The summed E-state index contributed by atoms with van der Waals surface area (Å²) in [7, 11) is 0. The van der Waals surface area contributed by atoms with Gasteiger partial charge in [0.2, 0.25) is 11.8 Å². The van der Waals surface area contributed by atoms with Crippen LogP contribution in [-0.2, 0) is 0 Å². The van der Waals surface area contributed by atoms with Crippen molar-refractivity contribution in [2.75, 3.05) is 6.54 Å². The summed E-state index contributed by atoms with van der Waals surface area (Å²) in [6.07, 6.45) is 1.99. The number of halogens is 1. The highest BCUT2D eigenvalue weighted by Crippen LogP contribution is 2.27. The van der Waals surface area contributed by atoms with Crippen LogP contribution in [0.2, 0.25) is 5.02 Å². The Balaban J connectivity index is 2.25. The van der Waals surface area contributed by atoms with Gasteiger partial charge in [-0.2, -0.15) is 0 Å². The average molecular weight is 294 g/mol. The highest BCUT2D eigenvalue weighted by atomic mass is 35.5. The van der Waals surface area contributed by atoms with Crippen molar-refractivity contribution in [1.82, 2.24) is 15.5 Å². The molecule has 0 aliphatic carbocycles. The van der Waals surface area contributed by atoms with Gasteiger partial charge in [-0.1, -0.05) is 31.5 Å². The molecule has 1 aromatic heterocycles. The van der Waals surface area contributed by atoms with Crippen molar-refractivity contribution >= 4 is 11.6 Å². The molecule has 0 saturated carbocycles. The molecule has 1 aromatic carbocycles. The zero-order valence-corrected chi connectivity index (χ0v) is 12.9. The van der Waals surface area contributed by atoms with Crippen LogP contribution in [0, 0.1) is 6.92 Å². The van der Waals surface area contributed by atoms with Crippen molar-refractivity contribution in [3.8, 4) is 11.5 Å². The number of hydrogen-bond acceptors (Lipinski definition) is 4. The first kappa shape index (κ1) is 15.0. The Bertz CT molecular complexity index is 568. The number of rotatable bonds is 6. The van der Waals surface area contributed by atoms with E-state index in [9.17, 15) is 0 Å². The van der Waals surface area contributed by atoms with Crippen LogP contribution >= 0.6 is 11.6 Å². The lowest BCUT2D eigenvalue weighted by atomic mass is 10.1. The number of aryl methyl sites for hydroxylation is 1. The third kappa shape index (κ3) is 3.38. The van der Waals surface area contributed by atoms with Crippen molar-refractivity contribution in [3.05, 3.63) is 34.7 Å². The largest absolute Gasteiger partial charge is 0.419 e. The number of benzene rings is 1. The molecule has 1 N–H and O–H groups in total. The van der Waals surface area contributed by atoms with E-state index in [-0.39, 0.29) is 6.04 Å². The van der Waals surface area contributed by atoms with E-state index in [1.807, 2.05) is 25.1 Å². The van der Waals surface area contributed by atoms with E-state index >= 15 is 0 Å². The number of hydrogen-bond donors (Lipinski definition) is 1. The van der Waals surface area contributed by atoms with Crippen molar-refractivity contribution in [2.45, 2.75) is 39.7 Å². The first-order valence-corrected chi connectivity index (χ1v) is 7.36. The molecule has 0 spiro atoms. The predicted octanol–water partition coefficient (Wildman–Crippen LogP) is 4.15. The van der Waals surface area contributed by atoms with Crippen molar-refractivity contribution in [1.29, 1.82) is 0 Å². The van der Waals surface area contributed by atoms with Gasteiger partial charge in [0.15, 0.2) is 0 Å². The molecule has 0 radical (unpaired) electrons. The lowest BCUT2D eigenvalue weighted by molar-refractivity contribution is 0.396. The van der Waals surface area contributed by atoms with Gasteiger partial charge in [0.1, 0.15) is 0 Å². The maximum Gasteiger partial charge on any atom is 0.248 e. The Hall–Kier alpha value is -1.39. The molecule has 0 saturated heterocycles. The summed E-state index contributed by atoms with van der Waals surface area (Å²) in [4.78, 5) is 0. The summed E-state index contributed by atoms with van der Waals surface area (Å²) in [6.45, 7) is 7.17. The van der Waals surface area contributed by atoms with Crippen LogP contribution in [0.4, 0.5) is 0 Å². The zero-order chi connectivity index (χ0) is 14.5. The number of nitrogens with zero attached hydrogens (tertiary/aromatic N) is 2. The smallest absolute Gasteiger partial charge is 0.248 e. The molecule has 0 bridgehead atoms. The summed E-state index contributed by atoms with van der Waals surface area (Å²) in [5, 5.41) is 12.4. The monoisotopic (exact) mass is 293 g/mol. The molecule has 4 nitrogen and oxygen atoms in total. The van der Waals surface area contributed by atoms with Crippen LogP contribution in [0.1, 0.15) is 44.2 Å². The molecule has 0 amide bonds. The number of nitrogens with one attached hydrogen (secondary N) is 1. The predicted molar refractivity (Wildman–Crippen MR) is 80.8 cm³/mol. The van der Waals surface area contributed by atoms with Gasteiger partial charge in [-0.15, -0.1) is 10.2 Å². The van der Waals surface area contributed by atoms with Crippen LogP contribution in [0.25, 0.3) is 11.5 Å². The summed E-state index contributed by atoms with van der Waals surface area (Å²) < 4.78 is 5.81. The van der Waals surface area contributed by atoms with Gasteiger partial charge < -0.3 is 9.73 Å². The molecule has 0 fully saturated rings. The van der Waals surface area contributed by atoms with E-state index in [0.717, 1.165) is 30.5 Å². The Labute approximate surface area is 124 Å². The molecule has 2 aromatic rings. The summed E-state index contributed by atoms with van der Waals surface area (Å²) in [6, 6.07) is 5.77. The minimum Gasteiger partial charge on any atom is -0.419 e. The van der Waals surface area contributed by atoms with E-state index in [1.54, 1.807) is 0 Å². The lowest BCUT2D eigenvalue weighted by Crippen LogP contribution is -2.21. The summed E-state index contributed by atoms with van der Waals surface area (Å²) in [5.74, 6) is 1.16. The van der Waals surface area contributed by atoms with Gasteiger partial charge in [-0.25, -0.2) is 0 Å². The topological polar surface area (TPSA) is 51.0 Å². The van der Waals surface area contributed by atoms with Crippen molar-refractivity contribution in [2.24, 2.45) is 0 Å². The van der Waals surface area contributed by atoms with Gasteiger partial charge in [0.25, 0.3) is 0 Å². The standard InChI is InChI=1S/C15H20ClN3O/c1-4-8-17-13(5-2)15-19-18-14(20-15)12-9-11(16)7-6-10(12)3/h6-7,9,13,17H,4-5,8H2,1-3H3. The molecule has 0 aliphatic rings. The van der Waals surface area contributed by atoms with E-state index in [4.69, 9.17) is 16.0 Å². The molecule has 1 atom stereocenters. The normalized spacial score (nSPS) is 12.6. The van der Waals surface area contributed by atoms with Crippen molar-refractivity contribution in [3.63, 3.8) is 0 Å². The molecule has 0 aliphatic heterocycles. The van der Waals surface area contributed by atoms with Crippen LogP contribution in [0.15, 0.2) is 22.6 Å². The quantitative estimate of drug-likeness (QED) is 0.869. The molecular formula is C15H20ClN3O. The molecule has 1 unspecified atom stereocenters. The molecular weight excluding hydrogens is 274 g/mol. The molecule has 20 heavy (non-hydrogen) atoms. The fourth-order valence-corrected chi connectivity index (χ4v) is 2.21. The third-order valence-electron chi connectivity index (χ3n) is 3.22. The highest BCUT2D eigenvalue weighted by Gasteiger charge is 2.17. The van der Waals surface area contributed by atoms with E-state index in [1.165, 1.54) is 0 Å². The Morgan fingerprint density at radius 2 is 2.10 bits per heavy atom. The Morgan fingerprint density at radius 3 is 2.80 bits per heavy atom. The maximum absolute atomic E-state index is 6.03. The summed E-state index contributed by atoms with van der Waals surface area (Å²) in [5.41, 5.74) is 1.96. The van der Waals surface area contributed by atoms with E-state index in [2.05, 4.69) is 29.4 Å². The SMILES string of the molecule is CCCNC(CC)c1nnc(-c2cc(Cl)ccc2C)o1. The zero-order valence-electron chi connectivity index (χ0n) is 12.1. The first-order valence-electron chi connectivity index (χ1n) is 6.99. The van der Waals surface area contributed by atoms with Crippen LogP contribution < -0.4 is 5.32 Å². The van der Waals surface area contributed by atoms with Gasteiger partial charge in [0, 0.05) is 10.6 Å². The van der Waals surface area contributed by atoms with Crippen LogP contribution in [-0.4, -0.2) is 16.7 Å². The second-order valence-corrected chi connectivity index (χ2v) is 5.26. The van der Waals surface area contributed by atoms with Gasteiger partial charge in [-0.05, 0) is 44.0 Å². The lowest BCUT2D eigenvalue weighted by Gasteiger charge is -2.11. The Kier molecular flexibility index (Phi) is 5.15. The van der Waals surface area contributed by atoms with Gasteiger partial charge in [-0.3, -0.25) is 0 Å². The molecule has 1 heterocycles. The van der Waals surface area contributed by atoms with Gasteiger partial charge in [0.05, 0.1) is 6.04 Å². The molecule has 5 heteroatoms. The van der Waals surface area contributed by atoms with E-state index in [0.29, 0.717) is 16.8 Å². The third-order valence-corrected chi connectivity index (χ3v) is 3.45. The second-order valence-electron chi connectivity index (χ2n) is 4.82. The van der Waals surface area contributed by atoms with Gasteiger partial charge >= 0.3 is 0 Å². The van der Waals surface area contributed by atoms with Crippen LogP contribution in [0.3, 0.4) is 0 Å². The minimum atomic E-state index is 0.107. The fraction of sp³-hybridized carbons (Fsp3) is 0.467.